The number of ether oxygens (including phenoxy) is 3. The van der Waals surface area contributed by atoms with Gasteiger partial charge in [0.1, 0.15) is 11.8 Å². The van der Waals surface area contributed by atoms with Gasteiger partial charge in [-0.2, -0.15) is 5.26 Å². The third kappa shape index (κ3) is 5.75. The van der Waals surface area contributed by atoms with E-state index in [-0.39, 0.29) is 0 Å². The zero-order valence-corrected chi connectivity index (χ0v) is 22.7. The van der Waals surface area contributed by atoms with Gasteiger partial charge in [-0.05, 0) is 49.9 Å². The molecule has 2 aromatic carbocycles. The molecule has 5 rings (SSSR count). The van der Waals surface area contributed by atoms with Crippen molar-refractivity contribution in [3.05, 3.63) is 46.6 Å². The molecule has 0 spiro atoms. The van der Waals surface area contributed by atoms with Crippen LogP contribution in [0.25, 0.3) is 10.9 Å². The number of nitrogens with one attached hydrogen (secondary N) is 1. The lowest BCUT2D eigenvalue weighted by atomic mass is 10.0. The molecule has 2 heterocycles. The molecule has 3 aromatic rings. The highest BCUT2D eigenvalue weighted by Crippen LogP contribution is 2.48. The Balaban J connectivity index is 1.37. The zero-order valence-electron chi connectivity index (χ0n) is 22.9. The van der Waals surface area contributed by atoms with E-state index < -0.39 is 0 Å². The number of aromatic nitrogens is 1. The van der Waals surface area contributed by atoms with Gasteiger partial charge in [-0.1, -0.05) is 11.6 Å². The average Bonchev–Trinajstić information content (AvgIpc) is 3.81. The molecule has 0 radical (unpaired) electrons. The van der Waals surface area contributed by atoms with E-state index in [9.17, 15) is 5.26 Å². The highest BCUT2D eigenvalue weighted by atomic mass is 35.5. The molecule has 1 aliphatic carbocycles. The van der Waals surface area contributed by atoms with E-state index in [2.05, 4.69) is 26.2 Å². The molecular weight excluding hydrogens is 502 g/mol. The predicted octanol–water partition coefficient (Wildman–Crippen LogP) is 5.41. The summed E-state index contributed by atoms with van der Waals surface area (Å²) in [4.78, 5) is 9.12. The lowest BCUT2D eigenvalue weighted by Gasteiger charge is -2.32. The van der Waals surface area contributed by atoms with Crippen LogP contribution in [0.1, 0.15) is 37.7 Å². The topological polar surface area (TPSA) is 82.9 Å². The van der Waals surface area contributed by atoms with Crippen molar-refractivity contribution in [1.29, 1.82) is 5.26 Å². The van der Waals surface area contributed by atoms with Crippen molar-refractivity contribution in [1.82, 2.24) is 14.8 Å². The molecule has 2 fully saturated rings. The minimum atomic E-state index is 0.370. The maximum Gasteiger partial charge on any atom is 0.163 e. The predicted molar refractivity (Wildman–Crippen MR) is 150 cm³/mol. The van der Waals surface area contributed by atoms with Gasteiger partial charge in [-0.25, -0.2) is 0 Å². The van der Waals surface area contributed by atoms with Crippen LogP contribution in [-0.4, -0.2) is 75.4 Å². The monoisotopic (exact) mass is 536 g/mol. The molecule has 1 N–H and O–H groups in total. The van der Waals surface area contributed by atoms with Crippen LogP contribution in [0.3, 0.4) is 0 Å². The van der Waals surface area contributed by atoms with Crippen molar-refractivity contribution >= 4 is 33.9 Å². The maximum absolute atomic E-state index is 9.90. The van der Waals surface area contributed by atoms with Crippen molar-refractivity contribution in [2.75, 3.05) is 65.9 Å². The van der Waals surface area contributed by atoms with Gasteiger partial charge < -0.3 is 29.3 Å². The number of piperazine rings is 1. The summed E-state index contributed by atoms with van der Waals surface area (Å²) in [6.45, 7) is 5.37. The molecule has 1 saturated carbocycles. The first-order valence-electron chi connectivity index (χ1n) is 13.7. The van der Waals surface area contributed by atoms with Crippen molar-refractivity contribution in [3.8, 4) is 23.3 Å². The molecule has 2 aliphatic rings. The second-order valence-electron chi connectivity index (χ2n) is 9.81. The Bertz CT molecular complexity index is 1370. The quantitative estimate of drug-likeness (QED) is 0.344. The number of benzene rings is 2. The second kappa shape index (κ2) is 11.6. The Morgan fingerprint density at radius 1 is 1.11 bits per heavy atom. The first-order chi connectivity index (χ1) is 19.0. The van der Waals surface area contributed by atoms with E-state index in [4.69, 9.17) is 27.2 Å². The summed E-state index contributed by atoms with van der Waals surface area (Å²) >= 11 is 6.44. The Kier molecular flexibility index (Phi) is 7.68. The normalized spacial score (nSPS) is 16.6. The maximum atomic E-state index is 9.90. The summed E-state index contributed by atoms with van der Waals surface area (Å²) in [6.07, 6.45) is 4.68. The van der Waals surface area contributed by atoms with Crippen LogP contribution in [0.15, 0.2) is 30.5 Å². The van der Waals surface area contributed by atoms with Crippen LogP contribution >= 0.6 is 11.6 Å². The number of likely N-dealkylation sites (N-methyl/N-ethyl adjacent to an activating group) is 1. The van der Waals surface area contributed by atoms with E-state index in [1.165, 1.54) is 0 Å². The molecule has 200 valence electrons. The summed E-state index contributed by atoms with van der Waals surface area (Å²) in [5.74, 6) is 2.22. The summed E-state index contributed by atoms with van der Waals surface area (Å²) < 4.78 is 24.8. The minimum absolute atomic E-state index is 0.370. The van der Waals surface area contributed by atoms with Gasteiger partial charge in [-0.3, -0.25) is 4.98 Å². The van der Waals surface area contributed by atoms with Crippen molar-refractivity contribution < 1.29 is 15.6 Å². The number of fused-ring (bicyclic) bond motifs is 1. The third-order valence-electron chi connectivity index (χ3n) is 7.22. The van der Waals surface area contributed by atoms with E-state index in [0.29, 0.717) is 58.6 Å². The third-order valence-corrected chi connectivity index (χ3v) is 7.51. The number of hydrogen-bond donors (Lipinski definition) is 1. The zero-order chi connectivity index (χ0) is 27.4. The van der Waals surface area contributed by atoms with E-state index in [0.717, 1.165) is 68.6 Å². The Hall–Kier alpha value is -3.25. The van der Waals surface area contributed by atoms with Gasteiger partial charge in [0.15, 0.2) is 11.5 Å². The number of hydrogen-bond acceptors (Lipinski definition) is 8. The van der Waals surface area contributed by atoms with Gasteiger partial charge in [0, 0.05) is 63.5 Å². The molecule has 1 saturated heterocycles. The second-order valence-corrected chi connectivity index (χ2v) is 10.2. The minimum Gasteiger partial charge on any atom is -0.495 e. The molecule has 9 heteroatoms. The number of methoxy groups -OCH3 is 2. The van der Waals surface area contributed by atoms with Gasteiger partial charge in [-0.15, -0.1) is 0 Å². The highest BCUT2D eigenvalue weighted by Gasteiger charge is 2.28. The van der Waals surface area contributed by atoms with Crippen LogP contribution in [-0.2, 0) is 0 Å². The van der Waals surface area contributed by atoms with Crippen LogP contribution in [0.5, 0.6) is 17.2 Å². The molecule has 0 unspecified atom stereocenters. The molecule has 38 heavy (non-hydrogen) atoms. The molecular formula is C29H34ClN5O3. The van der Waals surface area contributed by atoms with Crippen molar-refractivity contribution in [2.45, 2.75) is 25.2 Å². The van der Waals surface area contributed by atoms with Gasteiger partial charge in [0.05, 0.1) is 42.6 Å². The number of anilines is 2. The number of halogens is 1. The van der Waals surface area contributed by atoms with Crippen LogP contribution in [0.2, 0.25) is 5.02 Å². The smallest absolute Gasteiger partial charge is 0.163 e. The fourth-order valence-electron chi connectivity index (χ4n) is 4.88. The van der Waals surface area contributed by atoms with Crippen molar-refractivity contribution in [3.63, 3.8) is 0 Å². The van der Waals surface area contributed by atoms with Crippen LogP contribution < -0.4 is 19.5 Å². The molecule has 0 atom stereocenters. The summed E-state index contributed by atoms with van der Waals surface area (Å²) in [5, 5.41) is 14.7. The summed E-state index contributed by atoms with van der Waals surface area (Å²) in [5.41, 5.74) is 3.77. The van der Waals surface area contributed by atoms with E-state index in [1.54, 1.807) is 20.4 Å². The fraction of sp³-hybridized carbons (Fsp3) is 0.448. The first-order valence-corrected chi connectivity index (χ1v) is 13.3. The number of pyridine rings is 1. The van der Waals surface area contributed by atoms with E-state index in [1.807, 2.05) is 24.3 Å². The van der Waals surface area contributed by atoms with Crippen LogP contribution in [0.4, 0.5) is 11.4 Å². The number of rotatable bonds is 10. The van der Waals surface area contributed by atoms with Crippen LogP contribution in [0, 0.1) is 11.3 Å². The lowest BCUT2D eigenvalue weighted by molar-refractivity contribution is 0.145. The molecule has 1 aliphatic heterocycles. The van der Waals surface area contributed by atoms with Gasteiger partial charge in [0.25, 0.3) is 0 Å². The van der Waals surface area contributed by atoms with Gasteiger partial charge >= 0.3 is 0 Å². The highest BCUT2D eigenvalue weighted by molar-refractivity contribution is 6.32. The number of nitriles is 1. The Labute approximate surface area is 230 Å². The standard InChI is InChI=1S/C29H34ClN5O3/c1-34-8-10-35(11-9-34)7-4-12-38-28-15-24-22(14-27(28)37-3)29(20(17-31)18-32-24)33-25-16-26(36-2)23(30)13-21(25)19-5-6-19/h13-16,18-19H,4-12H2,1-3H3,(H,32,33)/i1D. The van der Waals surface area contributed by atoms with E-state index >= 15 is 0 Å². The molecule has 0 amide bonds. The SMILES string of the molecule is [2H]CN1CCN(CCCOc2cc3ncc(C#N)c(Nc4cc(OC)c(Cl)cc4C4CC4)c3cc2OC)CC1. The Morgan fingerprint density at radius 2 is 1.89 bits per heavy atom. The molecule has 0 bridgehead atoms. The lowest BCUT2D eigenvalue weighted by Crippen LogP contribution is -2.44. The van der Waals surface area contributed by atoms with Crippen molar-refractivity contribution in [2.24, 2.45) is 0 Å². The first kappa shape index (κ1) is 25.1. The number of nitrogens with zero attached hydrogens (tertiary/aromatic N) is 4. The largest absolute Gasteiger partial charge is 0.495 e. The fourth-order valence-corrected chi connectivity index (χ4v) is 5.12. The molecule has 8 nitrogen and oxygen atoms in total. The summed E-state index contributed by atoms with van der Waals surface area (Å²) in [6, 6.07) is 9.87. The Morgan fingerprint density at radius 3 is 2.58 bits per heavy atom. The van der Waals surface area contributed by atoms with Gasteiger partial charge in [0.2, 0.25) is 0 Å². The summed E-state index contributed by atoms with van der Waals surface area (Å²) in [7, 11) is 3.58. The molecule has 1 aromatic heterocycles. The average molecular weight is 537 g/mol.